The van der Waals surface area contributed by atoms with Crippen LogP contribution in [0.25, 0.3) is 33.4 Å². The molecular weight excluding hydrogens is 336 g/mol. The van der Waals surface area contributed by atoms with E-state index in [1.165, 1.54) is 50.1 Å². The average molecular weight is 358 g/mol. The fraction of sp³-hybridized carbons (Fsp3) is 0.0714. The van der Waals surface area contributed by atoms with Gasteiger partial charge >= 0.3 is 0 Å². The van der Waals surface area contributed by atoms with E-state index in [0.717, 1.165) is 12.8 Å². The van der Waals surface area contributed by atoms with Crippen molar-refractivity contribution in [2.45, 2.75) is 12.8 Å². The van der Waals surface area contributed by atoms with Gasteiger partial charge in [-0.25, -0.2) is 0 Å². The van der Waals surface area contributed by atoms with E-state index >= 15 is 0 Å². The summed E-state index contributed by atoms with van der Waals surface area (Å²) in [5.74, 6) is 0. The zero-order valence-electron chi connectivity index (χ0n) is 15.9. The van der Waals surface area contributed by atoms with Gasteiger partial charge in [0.25, 0.3) is 0 Å². The van der Waals surface area contributed by atoms with Crippen molar-refractivity contribution >= 4 is 0 Å². The van der Waals surface area contributed by atoms with Crippen LogP contribution in [0.3, 0.4) is 0 Å². The van der Waals surface area contributed by atoms with E-state index in [-0.39, 0.29) is 0 Å². The third-order valence-corrected chi connectivity index (χ3v) is 5.68. The van der Waals surface area contributed by atoms with Crippen LogP contribution in [0.5, 0.6) is 0 Å². The summed E-state index contributed by atoms with van der Waals surface area (Å²) in [6.07, 6.45) is 3.87. The number of hydrogen-bond acceptors (Lipinski definition) is 0. The average Bonchev–Trinajstić information content (AvgIpc) is 3.12. The summed E-state index contributed by atoms with van der Waals surface area (Å²) >= 11 is 0. The highest BCUT2D eigenvalue weighted by molar-refractivity contribution is 5.95. The topological polar surface area (TPSA) is 0 Å². The Hall–Kier alpha value is -3.38. The van der Waals surface area contributed by atoms with Crippen molar-refractivity contribution in [2.24, 2.45) is 0 Å². The molecule has 28 heavy (non-hydrogen) atoms. The van der Waals surface area contributed by atoms with Crippen LogP contribution in [0.2, 0.25) is 0 Å². The molecule has 0 unspecified atom stereocenters. The maximum absolute atomic E-state index is 4.03. The van der Waals surface area contributed by atoms with Crippen LogP contribution in [0, 0.1) is 0 Å². The van der Waals surface area contributed by atoms with Gasteiger partial charge in [-0.3, -0.25) is 0 Å². The SMILES string of the molecule is C=CCc1cc2c(c(-c3ccccc3)c1-c1ccccc1)Cc1ccccc1-2. The Morgan fingerprint density at radius 2 is 1.29 bits per heavy atom. The largest absolute Gasteiger partial charge is 0.103 e. The Labute approximate surface area is 166 Å². The fourth-order valence-corrected chi connectivity index (χ4v) is 4.51. The summed E-state index contributed by atoms with van der Waals surface area (Å²) in [6, 6.07) is 32.9. The van der Waals surface area contributed by atoms with Crippen molar-refractivity contribution in [3.8, 4) is 33.4 Å². The molecular formula is C28H22. The van der Waals surface area contributed by atoms with Crippen LogP contribution in [0.15, 0.2) is 104 Å². The summed E-state index contributed by atoms with van der Waals surface area (Å²) in [5.41, 5.74) is 12.2. The molecule has 0 heterocycles. The highest BCUT2D eigenvalue weighted by Gasteiger charge is 2.26. The standard InChI is InChI=1S/C28H22/c1-2-11-23-19-25-24-17-10-9-16-22(24)18-26(25)28(21-14-7-4-8-15-21)27(23)20-12-5-3-6-13-20/h2-10,12-17,19H,1,11,18H2. The second-order valence-corrected chi connectivity index (χ2v) is 7.37. The molecule has 0 bridgehead atoms. The van der Waals surface area contributed by atoms with Crippen molar-refractivity contribution in [3.05, 3.63) is 120 Å². The quantitative estimate of drug-likeness (QED) is 0.295. The van der Waals surface area contributed by atoms with Gasteiger partial charge in [0.05, 0.1) is 0 Å². The molecule has 4 aromatic carbocycles. The zero-order valence-corrected chi connectivity index (χ0v) is 15.9. The van der Waals surface area contributed by atoms with E-state index in [1.807, 2.05) is 6.08 Å². The molecule has 1 aliphatic rings. The van der Waals surface area contributed by atoms with Crippen molar-refractivity contribution in [1.82, 2.24) is 0 Å². The zero-order chi connectivity index (χ0) is 18.9. The molecule has 0 saturated heterocycles. The Bertz CT molecular complexity index is 1150. The van der Waals surface area contributed by atoms with Crippen LogP contribution in [-0.4, -0.2) is 0 Å². The first-order valence-corrected chi connectivity index (χ1v) is 9.85. The summed E-state index contributed by atoms with van der Waals surface area (Å²) < 4.78 is 0. The lowest BCUT2D eigenvalue weighted by Gasteiger charge is -2.20. The number of hydrogen-bond donors (Lipinski definition) is 0. The lowest BCUT2D eigenvalue weighted by atomic mass is 9.83. The molecule has 4 aromatic rings. The predicted octanol–water partition coefficient (Wildman–Crippen LogP) is 7.32. The third-order valence-electron chi connectivity index (χ3n) is 5.68. The van der Waals surface area contributed by atoms with Gasteiger partial charge in [-0.1, -0.05) is 91.0 Å². The minimum absolute atomic E-state index is 0.861. The Morgan fingerprint density at radius 3 is 1.96 bits per heavy atom. The first kappa shape index (κ1) is 16.8. The van der Waals surface area contributed by atoms with Crippen molar-refractivity contribution in [3.63, 3.8) is 0 Å². The summed E-state index contributed by atoms with van der Waals surface area (Å²) in [4.78, 5) is 0. The third kappa shape index (κ3) is 2.70. The van der Waals surface area contributed by atoms with Crippen LogP contribution in [0.4, 0.5) is 0 Å². The first-order valence-electron chi connectivity index (χ1n) is 9.85. The Kier molecular flexibility index (Phi) is 4.18. The second-order valence-electron chi connectivity index (χ2n) is 7.37. The van der Waals surface area contributed by atoms with Gasteiger partial charge in [0.2, 0.25) is 0 Å². The minimum Gasteiger partial charge on any atom is -0.103 e. The summed E-state index contributed by atoms with van der Waals surface area (Å²) in [5, 5.41) is 0. The molecule has 0 aliphatic heterocycles. The molecule has 0 nitrogen and oxygen atoms in total. The van der Waals surface area contributed by atoms with Crippen LogP contribution in [0.1, 0.15) is 16.7 Å². The molecule has 0 heteroatoms. The van der Waals surface area contributed by atoms with Crippen molar-refractivity contribution in [1.29, 1.82) is 0 Å². The van der Waals surface area contributed by atoms with E-state index in [2.05, 4.69) is 97.6 Å². The highest BCUT2D eigenvalue weighted by atomic mass is 14.3. The van der Waals surface area contributed by atoms with Gasteiger partial charge in [0, 0.05) is 0 Å². The molecule has 0 fully saturated rings. The molecule has 5 rings (SSSR count). The van der Waals surface area contributed by atoms with Crippen LogP contribution >= 0.6 is 0 Å². The van der Waals surface area contributed by atoms with E-state index in [0.29, 0.717) is 0 Å². The number of fused-ring (bicyclic) bond motifs is 3. The van der Waals surface area contributed by atoms with Crippen molar-refractivity contribution in [2.75, 3.05) is 0 Å². The van der Waals surface area contributed by atoms with Crippen LogP contribution in [-0.2, 0) is 12.8 Å². The maximum atomic E-state index is 4.03. The van der Waals surface area contributed by atoms with Gasteiger partial charge < -0.3 is 0 Å². The predicted molar refractivity (Wildman–Crippen MR) is 119 cm³/mol. The molecule has 0 amide bonds. The molecule has 0 saturated carbocycles. The minimum atomic E-state index is 0.861. The monoisotopic (exact) mass is 358 g/mol. The van der Waals surface area contributed by atoms with Gasteiger partial charge in [-0.05, 0) is 69.0 Å². The molecule has 134 valence electrons. The van der Waals surface area contributed by atoms with E-state index in [1.54, 1.807) is 0 Å². The second kappa shape index (κ2) is 6.98. The molecule has 0 radical (unpaired) electrons. The normalized spacial score (nSPS) is 11.7. The Balaban J connectivity index is 1.89. The number of rotatable bonds is 4. The lowest BCUT2D eigenvalue weighted by molar-refractivity contribution is 1.23. The van der Waals surface area contributed by atoms with Gasteiger partial charge in [-0.15, -0.1) is 6.58 Å². The van der Waals surface area contributed by atoms with Crippen LogP contribution < -0.4 is 0 Å². The smallest absolute Gasteiger partial charge is 0.000706 e. The van der Waals surface area contributed by atoms with Gasteiger partial charge in [0.15, 0.2) is 0 Å². The van der Waals surface area contributed by atoms with E-state index in [4.69, 9.17) is 0 Å². The number of benzene rings is 4. The van der Waals surface area contributed by atoms with E-state index < -0.39 is 0 Å². The molecule has 0 N–H and O–H groups in total. The molecule has 0 spiro atoms. The van der Waals surface area contributed by atoms with Crippen molar-refractivity contribution < 1.29 is 0 Å². The fourth-order valence-electron chi connectivity index (χ4n) is 4.51. The van der Waals surface area contributed by atoms with Gasteiger partial charge in [0.1, 0.15) is 0 Å². The first-order chi connectivity index (χ1) is 13.9. The molecule has 1 aliphatic carbocycles. The summed E-state index contributed by atoms with van der Waals surface area (Å²) in [6.45, 7) is 4.03. The maximum Gasteiger partial charge on any atom is -0.000706 e. The van der Waals surface area contributed by atoms with Gasteiger partial charge in [-0.2, -0.15) is 0 Å². The highest BCUT2D eigenvalue weighted by Crippen LogP contribution is 2.47. The summed E-state index contributed by atoms with van der Waals surface area (Å²) in [7, 11) is 0. The molecule has 0 aromatic heterocycles. The Morgan fingerprint density at radius 1 is 0.679 bits per heavy atom. The van der Waals surface area contributed by atoms with E-state index in [9.17, 15) is 0 Å². The molecule has 0 atom stereocenters. The lowest BCUT2D eigenvalue weighted by Crippen LogP contribution is -1.98. The number of allylic oxidation sites excluding steroid dienone is 1.